The Labute approximate surface area is 125 Å². The van der Waals surface area contributed by atoms with E-state index in [1.807, 2.05) is 35.1 Å². The van der Waals surface area contributed by atoms with E-state index in [2.05, 4.69) is 28.7 Å². The molecule has 21 heavy (non-hydrogen) atoms. The van der Waals surface area contributed by atoms with Gasteiger partial charge in [0.25, 0.3) is 0 Å². The zero-order valence-electron chi connectivity index (χ0n) is 12.2. The summed E-state index contributed by atoms with van der Waals surface area (Å²) in [6.45, 7) is 0. The molecule has 110 valence electrons. The Balaban J connectivity index is 1.85. The molecule has 1 aliphatic carbocycles. The second-order valence-electron chi connectivity index (χ2n) is 5.53. The Kier molecular flexibility index (Phi) is 4.48. The third kappa shape index (κ3) is 3.23. The highest BCUT2D eigenvalue weighted by atomic mass is 15.3. The minimum absolute atomic E-state index is 0.0945. The van der Waals surface area contributed by atoms with Gasteiger partial charge in [-0.15, -0.1) is 0 Å². The molecule has 1 aliphatic rings. The first kappa shape index (κ1) is 14.0. The lowest BCUT2D eigenvalue weighted by atomic mass is 9.93. The summed E-state index contributed by atoms with van der Waals surface area (Å²) in [4.78, 5) is 0. The van der Waals surface area contributed by atoms with Gasteiger partial charge in [0.2, 0.25) is 0 Å². The van der Waals surface area contributed by atoms with Crippen LogP contribution in [-0.4, -0.2) is 9.78 Å². The summed E-state index contributed by atoms with van der Waals surface area (Å²) in [5.74, 6) is 5.81. The summed E-state index contributed by atoms with van der Waals surface area (Å²) >= 11 is 0. The number of allylic oxidation sites excluding steroid dienone is 1. The number of aromatic nitrogens is 2. The predicted octanol–water partition coefficient (Wildman–Crippen LogP) is 3.27. The van der Waals surface area contributed by atoms with Crippen LogP contribution in [0.25, 0.3) is 5.69 Å². The molecular weight excluding hydrogens is 260 g/mol. The van der Waals surface area contributed by atoms with Crippen molar-refractivity contribution in [1.29, 1.82) is 0 Å². The molecule has 1 aromatic carbocycles. The van der Waals surface area contributed by atoms with Crippen molar-refractivity contribution >= 4 is 0 Å². The molecule has 1 unspecified atom stereocenters. The van der Waals surface area contributed by atoms with E-state index in [0.717, 1.165) is 17.8 Å². The van der Waals surface area contributed by atoms with E-state index in [9.17, 15) is 0 Å². The van der Waals surface area contributed by atoms with Crippen LogP contribution in [0.1, 0.15) is 43.8 Å². The lowest BCUT2D eigenvalue weighted by Crippen LogP contribution is -2.30. The van der Waals surface area contributed by atoms with Crippen molar-refractivity contribution in [3.05, 3.63) is 59.9 Å². The summed E-state index contributed by atoms with van der Waals surface area (Å²) < 4.78 is 1.97. The second-order valence-corrected chi connectivity index (χ2v) is 5.53. The average Bonchev–Trinajstić information content (AvgIpc) is 3.04. The van der Waals surface area contributed by atoms with Crippen molar-refractivity contribution < 1.29 is 0 Å². The molecule has 1 aromatic heterocycles. The van der Waals surface area contributed by atoms with E-state index in [4.69, 9.17) is 5.84 Å². The molecule has 2 aromatic rings. The van der Waals surface area contributed by atoms with Crippen LogP contribution in [0.2, 0.25) is 0 Å². The maximum atomic E-state index is 5.81. The van der Waals surface area contributed by atoms with Gasteiger partial charge in [0.1, 0.15) is 0 Å². The summed E-state index contributed by atoms with van der Waals surface area (Å²) in [6.07, 6.45) is 10.2. The van der Waals surface area contributed by atoms with E-state index in [-0.39, 0.29) is 6.04 Å². The van der Waals surface area contributed by atoms with Crippen LogP contribution in [0.5, 0.6) is 0 Å². The number of benzene rings is 1. The topological polar surface area (TPSA) is 55.9 Å². The molecule has 0 saturated carbocycles. The minimum Gasteiger partial charge on any atom is -0.271 e. The Morgan fingerprint density at radius 2 is 2.05 bits per heavy atom. The smallest absolute Gasteiger partial charge is 0.0670 e. The minimum atomic E-state index is 0.0945. The molecule has 3 N–H and O–H groups in total. The van der Waals surface area contributed by atoms with Gasteiger partial charge < -0.3 is 0 Å². The highest BCUT2D eigenvalue weighted by molar-refractivity contribution is 5.33. The zero-order valence-corrected chi connectivity index (χ0v) is 12.2. The van der Waals surface area contributed by atoms with Gasteiger partial charge in [-0.2, -0.15) is 5.10 Å². The monoisotopic (exact) mass is 282 g/mol. The maximum Gasteiger partial charge on any atom is 0.0670 e. The molecule has 0 spiro atoms. The number of nitrogens with zero attached hydrogens (tertiary/aromatic N) is 2. The van der Waals surface area contributed by atoms with Crippen molar-refractivity contribution in [2.45, 2.75) is 38.1 Å². The fourth-order valence-electron chi connectivity index (χ4n) is 2.96. The van der Waals surface area contributed by atoms with E-state index >= 15 is 0 Å². The van der Waals surface area contributed by atoms with Gasteiger partial charge in [-0.3, -0.25) is 11.3 Å². The third-order valence-corrected chi connectivity index (χ3v) is 4.08. The van der Waals surface area contributed by atoms with Gasteiger partial charge in [0.15, 0.2) is 0 Å². The van der Waals surface area contributed by atoms with Crippen LogP contribution >= 0.6 is 0 Å². The number of rotatable bonds is 5. The molecule has 0 radical (unpaired) electrons. The quantitative estimate of drug-likeness (QED) is 0.503. The van der Waals surface area contributed by atoms with Crippen LogP contribution in [0.3, 0.4) is 0 Å². The lowest BCUT2D eigenvalue weighted by molar-refractivity contribution is 0.505. The van der Waals surface area contributed by atoms with Gasteiger partial charge in [-0.05, 0) is 50.3 Å². The Morgan fingerprint density at radius 3 is 2.76 bits per heavy atom. The zero-order chi connectivity index (χ0) is 14.5. The van der Waals surface area contributed by atoms with Crippen LogP contribution in [-0.2, 0) is 0 Å². The fourth-order valence-corrected chi connectivity index (χ4v) is 2.96. The van der Waals surface area contributed by atoms with Crippen LogP contribution in [0, 0.1) is 0 Å². The van der Waals surface area contributed by atoms with Gasteiger partial charge in [0, 0.05) is 6.20 Å². The van der Waals surface area contributed by atoms with Crippen LogP contribution < -0.4 is 11.3 Å². The highest BCUT2D eigenvalue weighted by Crippen LogP contribution is 2.28. The third-order valence-electron chi connectivity index (χ3n) is 4.08. The SMILES string of the molecule is NNC(CC1=CCCCC1)c1ccnn1-c1ccccc1. The second kappa shape index (κ2) is 6.70. The summed E-state index contributed by atoms with van der Waals surface area (Å²) in [6, 6.07) is 12.3. The van der Waals surface area contributed by atoms with E-state index in [0.29, 0.717) is 0 Å². The molecule has 1 atom stereocenters. The van der Waals surface area contributed by atoms with Crippen molar-refractivity contribution in [1.82, 2.24) is 15.2 Å². The Morgan fingerprint density at radius 1 is 1.19 bits per heavy atom. The van der Waals surface area contributed by atoms with Gasteiger partial charge in [-0.25, -0.2) is 4.68 Å². The fraction of sp³-hybridized carbons (Fsp3) is 0.353. The van der Waals surface area contributed by atoms with Crippen molar-refractivity contribution in [3.8, 4) is 5.69 Å². The van der Waals surface area contributed by atoms with E-state index < -0.39 is 0 Å². The normalized spacial score (nSPS) is 16.5. The van der Waals surface area contributed by atoms with Crippen LogP contribution in [0.15, 0.2) is 54.2 Å². The van der Waals surface area contributed by atoms with E-state index in [1.54, 1.807) is 0 Å². The Bertz CT molecular complexity index is 600. The first-order valence-corrected chi connectivity index (χ1v) is 7.62. The lowest BCUT2D eigenvalue weighted by Gasteiger charge is -2.21. The molecule has 0 amide bonds. The number of hydrogen-bond donors (Lipinski definition) is 2. The molecule has 4 nitrogen and oxygen atoms in total. The molecule has 3 rings (SSSR count). The standard InChI is InChI=1S/C17H22N4/c18-20-16(13-14-7-3-1-4-8-14)17-11-12-19-21(17)15-9-5-2-6-10-15/h2,5-7,9-12,16,20H,1,3-4,8,13,18H2. The number of para-hydroxylation sites is 1. The molecule has 0 saturated heterocycles. The molecule has 0 fully saturated rings. The van der Waals surface area contributed by atoms with Gasteiger partial charge in [-0.1, -0.05) is 29.8 Å². The van der Waals surface area contributed by atoms with Crippen molar-refractivity contribution in [2.75, 3.05) is 0 Å². The van der Waals surface area contributed by atoms with Gasteiger partial charge in [0.05, 0.1) is 17.4 Å². The summed E-state index contributed by atoms with van der Waals surface area (Å²) in [7, 11) is 0. The van der Waals surface area contributed by atoms with E-state index in [1.165, 1.54) is 31.3 Å². The predicted molar refractivity (Wildman–Crippen MR) is 84.8 cm³/mol. The van der Waals surface area contributed by atoms with Crippen molar-refractivity contribution in [2.24, 2.45) is 5.84 Å². The Hall–Kier alpha value is -1.91. The number of nitrogens with one attached hydrogen (secondary N) is 1. The molecule has 0 bridgehead atoms. The number of hydrazine groups is 1. The first-order valence-electron chi connectivity index (χ1n) is 7.62. The number of nitrogens with two attached hydrogens (primary N) is 1. The first-order chi connectivity index (χ1) is 10.4. The summed E-state index contributed by atoms with van der Waals surface area (Å²) in [5.41, 5.74) is 6.64. The highest BCUT2D eigenvalue weighted by Gasteiger charge is 2.18. The molecular formula is C17H22N4. The largest absolute Gasteiger partial charge is 0.271 e. The average molecular weight is 282 g/mol. The number of hydrogen-bond acceptors (Lipinski definition) is 3. The van der Waals surface area contributed by atoms with Crippen LogP contribution in [0.4, 0.5) is 0 Å². The maximum absolute atomic E-state index is 5.81. The van der Waals surface area contributed by atoms with Crippen molar-refractivity contribution in [3.63, 3.8) is 0 Å². The summed E-state index contributed by atoms with van der Waals surface area (Å²) in [5, 5.41) is 4.45. The molecule has 0 aliphatic heterocycles. The molecule has 1 heterocycles. The molecule has 4 heteroatoms. The van der Waals surface area contributed by atoms with Gasteiger partial charge >= 0.3 is 0 Å².